The summed E-state index contributed by atoms with van der Waals surface area (Å²) in [5, 5.41) is 2.79. The molecule has 3 rings (SSSR count). The van der Waals surface area contributed by atoms with Gasteiger partial charge in [-0.15, -0.1) is 11.3 Å². The zero-order valence-electron chi connectivity index (χ0n) is 11.5. The highest BCUT2D eigenvalue weighted by Crippen LogP contribution is 2.30. The zero-order chi connectivity index (χ0) is 14.8. The van der Waals surface area contributed by atoms with Crippen molar-refractivity contribution < 1.29 is 9.59 Å². The third-order valence-corrected chi connectivity index (χ3v) is 4.90. The summed E-state index contributed by atoms with van der Waals surface area (Å²) in [6, 6.07) is 8.76. The number of benzene rings is 1. The van der Waals surface area contributed by atoms with Crippen molar-refractivity contribution >= 4 is 28.8 Å². The SMILES string of the molecule is NC(=O)c1ccccc1NC(=O)c1cc2c(s1)CCCC2. The number of rotatable bonds is 3. The van der Waals surface area contributed by atoms with E-state index in [9.17, 15) is 9.59 Å². The smallest absolute Gasteiger partial charge is 0.265 e. The molecule has 2 aromatic rings. The molecule has 0 saturated heterocycles. The highest BCUT2D eigenvalue weighted by Gasteiger charge is 2.18. The number of para-hydroxylation sites is 1. The predicted molar refractivity (Wildman–Crippen MR) is 83.9 cm³/mol. The van der Waals surface area contributed by atoms with Gasteiger partial charge >= 0.3 is 0 Å². The summed E-state index contributed by atoms with van der Waals surface area (Å²) < 4.78 is 0. The summed E-state index contributed by atoms with van der Waals surface area (Å²) in [5.74, 6) is -0.723. The molecule has 3 N–H and O–H groups in total. The lowest BCUT2D eigenvalue weighted by atomic mass is 9.99. The van der Waals surface area contributed by atoms with Gasteiger partial charge in [-0.05, 0) is 49.4 Å². The van der Waals surface area contributed by atoms with Crippen molar-refractivity contribution in [2.75, 3.05) is 5.32 Å². The number of nitrogens with one attached hydrogen (secondary N) is 1. The van der Waals surface area contributed by atoms with Crippen molar-refractivity contribution in [1.82, 2.24) is 0 Å². The maximum atomic E-state index is 12.4. The number of hydrogen-bond donors (Lipinski definition) is 2. The second kappa shape index (κ2) is 5.69. The Morgan fingerprint density at radius 3 is 2.67 bits per heavy atom. The Balaban J connectivity index is 1.83. The monoisotopic (exact) mass is 300 g/mol. The van der Waals surface area contributed by atoms with E-state index in [-0.39, 0.29) is 5.91 Å². The maximum Gasteiger partial charge on any atom is 0.265 e. The highest BCUT2D eigenvalue weighted by molar-refractivity contribution is 7.14. The molecule has 0 unspecified atom stereocenters. The summed E-state index contributed by atoms with van der Waals surface area (Å²) >= 11 is 1.55. The van der Waals surface area contributed by atoms with Crippen LogP contribution in [0.1, 0.15) is 43.3 Å². The molecule has 1 aromatic carbocycles. The second-order valence-electron chi connectivity index (χ2n) is 5.13. The number of thiophene rings is 1. The molecule has 1 heterocycles. The lowest BCUT2D eigenvalue weighted by Gasteiger charge is -2.08. The Hall–Kier alpha value is -2.14. The van der Waals surface area contributed by atoms with E-state index in [0.29, 0.717) is 16.1 Å². The molecule has 108 valence electrons. The summed E-state index contributed by atoms with van der Waals surface area (Å²) in [4.78, 5) is 25.7. The van der Waals surface area contributed by atoms with Gasteiger partial charge in [0.05, 0.1) is 16.1 Å². The third kappa shape index (κ3) is 2.83. The summed E-state index contributed by atoms with van der Waals surface area (Å²) in [5.41, 5.74) is 7.40. The quantitative estimate of drug-likeness (QED) is 0.914. The first-order chi connectivity index (χ1) is 10.1. The van der Waals surface area contributed by atoms with Crippen molar-refractivity contribution in [3.8, 4) is 0 Å². The number of carbonyl (C=O) groups is 2. The van der Waals surface area contributed by atoms with E-state index < -0.39 is 5.91 Å². The fourth-order valence-electron chi connectivity index (χ4n) is 2.59. The second-order valence-corrected chi connectivity index (χ2v) is 6.27. The van der Waals surface area contributed by atoms with Crippen LogP contribution < -0.4 is 11.1 Å². The molecule has 0 aliphatic heterocycles. The molecule has 21 heavy (non-hydrogen) atoms. The van der Waals surface area contributed by atoms with Crippen LogP contribution in [0, 0.1) is 0 Å². The van der Waals surface area contributed by atoms with E-state index in [0.717, 1.165) is 12.8 Å². The minimum atomic E-state index is -0.545. The summed E-state index contributed by atoms with van der Waals surface area (Å²) in [6.07, 6.45) is 4.50. The molecule has 0 fully saturated rings. The molecule has 2 amide bonds. The van der Waals surface area contributed by atoms with Crippen LogP contribution in [-0.4, -0.2) is 11.8 Å². The first-order valence-electron chi connectivity index (χ1n) is 6.97. The predicted octanol–water partition coefficient (Wildman–Crippen LogP) is 2.98. The molecule has 0 atom stereocenters. The van der Waals surface area contributed by atoms with Gasteiger partial charge in [0.1, 0.15) is 0 Å². The molecular formula is C16H16N2O2S. The fourth-order valence-corrected chi connectivity index (χ4v) is 3.74. The number of primary amides is 1. The van der Waals surface area contributed by atoms with Crippen LogP contribution >= 0.6 is 11.3 Å². The van der Waals surface area contributed by atoms with Crippen molar-refractivity contribution in [3.63, 3.8) is 0 Å². The molecule has 4 nitrogen and oxygen atoms in total. The molecule has 0 spiro atoms. The number of anilines is 1. The van der Waals surface area contributed by atoms with Gasteiger partial charge in [0.25, 0.3) is 11.8 Å². The van der Waals surface area contributed by atoms with Gasteiger partial charge in [-0.2, -0.15) is 0 Å². The van der Waals surface area contributed by atoms with Gasteiger partial charge in [0.2, 0.25) is 0 Å². The molecule has 0 saturated carbocycles. The minimum absolute atomic E-state index is 0.178. The first kappa shape index (κ1) is 13.8. The highest BCUT2D eigenvalue weighted by atomic mass is 32.1. The van der Waals surface area contributed by atoms with E-state index in [1.54, 1.807) is 35.6 Å². The van der Waals surface area contributed by atoms with Gasteiger partial charge < -0.3 is 11.1 Å². The molecule has 1 aliphatic carbocycles. The number of fused-ring (bicyclic) bond motifs is 1. The summed E-state index contributed by atoms with van der Waals surface area (Å²) in [7, 11) is 0. The van der Waals surface area contributed by atoms with Crippen molar-refractivity contribution in [3.05, 3.63) is 51.2 Å². The molecule has 5 heteroatoms. The maximum absolute atomic E-state index is 12.4. The number of amides is 2. The Morgan fingerprint density at radius 2 is 1.90 bits per heavy atom. The van der Waals surface area contributed by atoms with E-state index in [1.165, 1.54) is 23.3 Å². The van der Waals surface area contributed by atoms with Gasteiger partial charge in [-0.3, -0.25) is 9.59 Å². The van der Waals surface area contributed by atoms with Gasteiger partial charge in [0.15, 0.2) is 0 Å². The van der Waals surface area contributed by atoms with Crippen molar-refractivity contribution in [2.24, 2.45) is 5.73 Å². The Kier molecular flexibility index (Phi) is 3.75. The van der Waals surface area contributed by atoms with E-state index >= 15 is 0 Å². The minimum Gasteiger partial charge on any atom is -0.366 e. The number of carbonyl (C=O) groups excluding carboxylic acids is 2. The van der Waals surface area contributed by atoms with Crippen molar-refractivity contribution in [1.29, 1.82) is 0 Å². The zero-order valence-corrected chi connectivity index (χ0v) is 12.3. The Labute approximate surface area is 127 Å². The topological polar surface area (TPSA) is 72.2 Å². The van der Waals surface area contributed by atoms with Crippen LogP contribution in [0.15, 0.2) is 30.3 Å². The number of nitrogens with two attached hydrogens (primary N) is 1. The normalized spacial score (nSPS) is 13.5. The van der Waals surface area contributed by atoms with Gasteiger partial charge in [0, 0.05) is 4.88 Å². The van der Waals surface area contributed by atoms with Crippen molar-refractivity contribution in [2.45, 2.75) is 25.7 Å². The van der Waals surface area contributed by atoms with E-state index in [1.807, 2.05) is 6.07 Å². The van der Waals surface area contributed by atoms with Gasteiger partial charge in [-0.1, -0.05) is 12.1 Å². The van der Waals surface area contributed by atoms with Crippen LogP contribution in [0.25, 0.3) is 0 Å². The largest absolute Gasteiger partial charge is 0.366 e. The van der Waals surface area contributed by atoms with Crippen LogP contribution in [0.5, 0.6) is 0 Å². The molecule has 0 radical (unpaired) electrons. The Bertz CT molecular complexity index is 683. The van der Waals surface area contributed by atoms with E-state index in [2.05, 4.69) is 5.32 Å². The number of aryl methyl sites for hydroxylation is 2. The fraction of sp³-hybridized carbons (Fsp3) is 0.250. The van der Waals surface area contributed by atoms with E-state index in [4.69, 9.17) is 5.73 Å². The van der Waals surface area contributed by atoms with Crippen LogP contribution in [0.3, 0.4) is 0 Å². The average molecular weight is 300 g/mol. The molecule has 1 aliphatic rings. The average Bonchev–Trinajstić information content (AvgIpc) is 2.91. The molecular weight excluding hydrogens is 284 g/mol. The lowest BCUT2D eigenvalue weighted by Crippen LogP contribution is -2.17. The molecule has 1 aromatic heterocycles. The van der Waals surface area contributed by atoms with Crippen LogP contribution in [0.4, 0.5) is 5.69 Å². The first-order valence-corrected chi connectivity index (χ1v) is 7.78. The standard InChI is InChI=1S/C16H16N2O2S/c17-15(19)11-6-2-3-7-12(11)18-16(20)14-9-10-5-1-4-8-13(10)21-14/h2-3,6-7,9H,1,4-5,8H2,(H2,17,19)(H,18,20). The summed E-state index contributed by atoms with van der Waals surface area (Å²) in [6.45, 7) is 0. The number of hydrogen-bond acceptors (Lipinski definition) is 3. The van der Waals surface area contributed by atoms with Crippen LogP contribution in [0.2, 0.25) is 0 Å². The lowest BCUT2D eigenvalue weighted by molar-refractivity contribution is 0.100. The third-order valence-electron chi connectivity index (χ3n) is 3.66. The molecule has 0 bridgehead atoms. The Morgan fingerprint density at radius 1 is 1.14 bits per heavy atom. The van der Waals surface area contributed by atoms with Crippen LogP contribution in [-0.2, 0) is 12.8 Å². The van der Waals surface area contributed by atoms with Gasteiger partial charge in [-0.25, -0.2) is 0 Å².